The number of carbonyl (C=O) groups is 2. The van der Waals surface area contributed by atoms with Crippen molar-refractivity contribution in [2.75, 3.05) is 19.8 Å². The van der Waals surface area contributed by atoms with E-state index in [2.05, 4.69) is 67.8 Å². The normalized spacial score (nSPS) is 18.6. The van der Waals surface area contributed by atoms with Crippen LogP contribution in [0.2, 0.25) is 0 Å². The highest BCUT2D eigenvalue weighted by molar-refractivity contribution is 5.76. The number of unbranched alkanes of at least 4 members (excludes halogenated alkanes) is 37. The molecule has 0 aliphatic carbocycles. The summed E-state index contributed by atoms with van der Waals surface area (Å²) in [5.41, 5.74) is 0. The molecule has 1 rings (SSSR count). The van der Waals surface area contributed by atoms with Crippen molar-refractivity contribution in [2.24, 2.45) is 0 Å². The number of rotatable bonds is 59. The number of aliphatic hydroxyl groups is 5. The number of aliphatic hydroxyl groups excluding tert-OH is 5. The lowest BCUT2D eigenvalue weighted by Crippen LogP contribution is -2.60. The van der Waals surface area contributed by atoms with Gasteiger partial charge in [-0.25, -0.2) is 0 Å². The van der Waals surface area contributed by atoms with Gasteiger partial charge in [-0.3, -0.25) is 9.59 Å². The van der Waals surface area contributed by atoms with E-state index in [0.29, 0.717) is 19.4 Å². The summed E-state index contributed by atoms with van der Waals surface area (Å²) in [7, 11) is 0. The van der Waals surface area contributed by atoms with E-state index in [4.69, 9.17) is 14.2 Å². The lowest BCUT2D eigenvalue weighted by atomic mass is 9.99. The van der Waals surface area contributed by atoms with Crippen LogP contribution in [0.25, 0.3) is 0 Å². The SMILES string of the molecule is CCCC/C=C\CCCCCCCC(=O)OCCCCCCCCCCC/C=C\C/C=C\CCCCCCCCCCCCCCCCCCCC(=O)NC(COC1OC(CO)C(O)C(O)C1O)C(O)/C=C/CC/C=C/CCCCC. The van der Waals surface area contributed by atoms with Crippen molar-refractivity contribution in [3.05, 3.63) is 60.8 Å². The van der Waals surface area contributed by atoms with E-state index >= 15 is 0 Å². The highest BCUT2D eigenvalue weighted by Crippen LogP contribution is 2.23. The van der Waals surface area contributed by atoms with Crippen LogP contribution in [0.15, 0.2) is 60.8 Å². The Morgan fingerprint density at radius 2 is 0.852 bits per heavy atom. The molecule has 11 heteroatoms. The molecule has 0 aromatic heterocycles. The number of esters is 1. The van der Waals surface area contributed by atoms with Crippen LogP contribution < -0.4 is 5.32 Å². The van der Waals surface area contributed by atoms with Crippen LogP contribution in [-0.4, -0.2) is 100 Å². The molecule has 7 unspecified atom stereocenters. The van der Waals surface area contributed by atoms with Gasteiger partial charge < -0.3 is 45.1 Å². The van der Waals surface area contributed by atoms with Gasteiger partial charge in [-0.2, -0.15) is 0 Å². The molecule has 1 saturated heterocycles. The molecule has 0 saturated carbocycles. The first kappa shape index (κ1) is 76.4. The van der Waals surface area contributed by atoms with Crippen molar-refractivity contribution in [3.63, 3.8) is 0 Å². The lowest BCUT2D eigenvalue weighted by molar-refractivity contribution is -0.302. The van der Waals surface area contributed by atoms with Gasteiger partial charge in [0.05, 0.1) is 32.0 Å². The van der Waals surface area contributed by atoms with Gasteiger partial charge in [0.15, 0.2) is 6.29 Å². The first-order valence-corrected chi connectivity index (χ1v) is 34.1. The third-order valence-electron chi connectivity index (χ3n) is 15.8. The number of hydrogen-bond donors (Lipinski definition) is 6. The van der Waals surface area contributed by atoms with Crippen molar-refractivity contribution in [2.45, 2.75) is 352 Å². The van der Waals surface area contributed by atoms with Gasteiger partial charge in [-0.15, -0.1) is 0 Å². The molecule has 81 heavy (non-hydrogen) atoms. The zero-order valence-corrected chi connectivity index (χ0v) is 52.2. The Balaban J connectivity index is 1.94. The minimum Gasteiger partial charge on any atom is -0.466 e. The summed E-state index contributed by atoms with van der Waals surface area (Å²) in [4.78, 5) is 25.0. The number of hydrogen-bond acceptors (Lipinski definition) is 10. The molecule has 0 aromatic rings. The van der Waals surface area contributed by atoms with Crippen molar-refractivity contribution in [3.8, 4) is 0 Å². The van der Waals surface area contributed by atoms with E-state index < -0.39 is 49.5 Å². The average Bonchev–Trinajstić information content (AvgIpc) is 3.48. The average molecular weight is 1140 g/mol. The van der Waals surface area contributed by atoms with E-state index in [-0.39, 0.29) is 18.5 Å². The van der Waals surface area contributed by atoms with Gasteiger partial charge in [-0.05, 0) is 96.3 Å². The molecule has 11 nitrogen and oxygen atoms in total. The second-order valence-corrected chi connectivity index (χ2v) is 23.5. The highest BCUT2D eigenvalue weighted by atomic mass is 16.7. The predicted octanol–water partition coefficient (Wildman–Crippen LogP) is 17.0. The first-order valence-electron chi connectivity index (χ1n) is 34.1. The van der Waals surface area contributed by atoms with Crippen molar-refractivity contribution >= 4 is 11.9 Å². The zero-order valence-electron chi connectivity index (χ0n) is 52.2. The minimum atomic E-state index is -1.58. The van der Waals surface area contributed by atoms with Gasteiger partial charge in [0.25, 0.3) is 0 Å². The van der Waals surface area contributed by atoms with E-state index in [9.17, 15) is 35.1 Å². The fourth-order valence-electron chi connectivity index (χ4n) is 10.4. The summed E-state index contributed by atoms with van der Waals surface area (Å²) in [5, 5.41) is 54.2. The van der Waals surface area contributed by atoms with Crippen LogP contribution in [0.3, 0.4) is 0 Å². The molecule has 0 bridgehead atoms. The van der Waals surface area contributed by atoms with Gasteiger partial charge in [0.1, 0.15) is 24.4 Å². The maximum atomic E-state index is 13.0. The maximum absolute atomic E-state index is 13.0. The molecule has 0 aromatic carbocycles. The van der Waals surface area contributed by atoms with Crippen molar-refractivity contribution < 1.29 is 49.3 Å². The molecule has 1 fully saturated rings. The molecule has 0 radical (unpaired) electrons. The molecule has 472 valence electrons. The lowest BCUT2D eigenvalue weighted by Gasteiger charge is -2.40. The van der Waals surface area contributed by atoms with Gasteiger partial charge in [-0.1, -0.05) is 261 Å². The molecule has 7 atom stereocenters. The fraction of sp³-hybridized carbons (Fsp3) is 0.829. The molecular weight excluding hydrogens is 1010 g/mol. The molecule has 6 N–H and O–H groups in total. The highest BCUT2D eigenvalue weighted by Gasteiger charge is 2.44. The van der Waals surface area contributed by atoms with Gasteiger partial charge in [0, 0.05) is 12.8 Å². The topological polar surface area (TPSA) is 175 Å². The van der Waals surface area contributed by atoms with Crippen molar-refractivity contribution in [1.82, 2.24) is 5.32 Å². The summed E-state index contributed by atoms with van der Waals surface area (Å²) >= 11 is 0. The quantitative estimate of drug-likeness (QED) is 0.0195. The van der Waals surface area contributed by atoms with Crippen LogP contribution in [0.4, 0.5) is 0 Å². The summed E-state index contributed by atoms with van der Waals surface area (Å²) in [6, 6.07) is -0.825. The minimum absolute atomic E-state index is 0.00494. The van der Waals surface area contributed by atoms with Gasteiger partial charge >= 0.3 is 5.97 Å². The van der Waals surface area contributed by atoms with Gasteiger partial charge in [0.2, 0.25) is 5.91 Å². The number of allylic oxidation sites excluding steroid dienone is 9. The van der Waals surface area contributed by atoms with E-state index in [0.717, 1.165) is 64.2 Å². The van der Waals surface area contributed by atoms with E-state index in [1.54, 1.807) is 6.08 Å². The zero-order chi connectivity index (χ0) is 58.7. The predicted molar refractivity (Wildman–Crippen MR) is 338 cm³/mol. The number of ether oxygens (including phenoxy) is 3. The Kier molecular flexibility index (Phi) is 55.7. The third kappa shape index (κ3) is 48.3. The molecule has 1 aliphatic rings. The Bertz CT molecular complexity index is 1530. The molecule has 1 aliphatic heterocycles. The van der Waals surface area contributed by atoms with E-state index in [1.165, 1.54) is 218 Å². The summed E-state index contributed by atoms with van der Waals surface area (Å²) < 4.78 is 16.7. The summed E-state index contributed by atoms with van der Waals surface area (Å²) in [5.74, 6) is -0.197. The standard InChI is InChI=1S/C70H127NO10/c1-3-5-7-9-11-13-37-42-46-50-54-58-66(75)79-59-55-51-47-43-39-36-34-32-30-28-26-24-22-20-18-16-14-15-17-19-21-23-25-27-29-31-33-35-38-41-45-49-53-57-65(74)71-62(63(73)56-52-48-44-40-12-10-8-6-4-2)61-80-70-69(78)68(77)67(76)64(60-72)81-70/h9,11-12,18,20,24,26,40,52,56,62-64,67-70,72-73,76-78H,3-8,10,13-17,19,21-23,25,27-39,41-51,53-55,57-61H2,1-2H3,(H,71,74)/b11-9-,20-18-,26-24-,40-12+,56-52+. The molecule has 0 spiro atoms. The maximum Gasteiger partial charge on any atom is 0.305 e. The second kappa shape index (κ2) is 59.1. The van der Waals surface area contributed by atoms with Crippen LogP contribution >= 0.6 is 0 Å². The Hall–Kier alpha value is -2.64. The van der Waals surface area contributed by atoms with Crippen LogP contribution in [0.5, 0.6) is 0 Å². The third-order valence-corrected chi connectivity index (χ3v) is 15.8. The van der Waals surface area contributed by atoms with E-state index in [1.807, 2.05) is 6.08 Å². The number of amides is 1. The Labute approximate surface area is 497 Å². The molecular formula is C70H127NO10. The molecule has 1 amide bonds. The first-order chi connectivity index (χ1) is 39.7. The van der Waals surface area contributed by atoms with Crippen LogP contribution in [-0.2, 0) is 23.8 Å². The molecule has 1 heterocycles. The summed E-state index contributed by atoms with van der Waals surface area (Å²) in [6.45, 7) is 4.25. The van der Waals surface area contributed by atoms with Crippen LogP contribution in [0, 0.1) is 0 Å². The monoisotopic (exact) mass is 1140 g/mol. The number of carbonyl (C=O) groups excluding carboxylic acids is 2. The Morgan fingerprint density at radius 3 is 1.33 bits per heavy atom. The summed E-state index contributed by atoms with van der Waals surface area (Å²) in [6.07, 6.45) is 68.1. The smallest absolute Gasteiger partial charge is 0.305 e. The van der Waals surface area contributed by atoms with Crippen LogP contribution in [0.1, 0.15) is 309 Å². The Morgan fingerprint density at radius 1 is 0.457 bits per heavy atom. The largest absolute Gasteiger partial charge is 0.466 e. The second-order valence-electron chi connectivity index (χ2n) is 23.5. The van der Waals surface area contributed by atoms with Crippen molar-refractivity contribution in [1.29, 1.82) is 0 Å². The number of nitrogens with one attached hydrogen (secondary N) is 1. The fourth-order valence-corrected chi connectivity index (χ4v) is 10.4.